The second-order valence-electron chi connectivity index (χ2n) is 5.18. The first kappa shape index (κ1) is 14.2. The number of phenolic OH excluding ortho intramolecular Hbond substituents is 1. The Morgan fingerprint density at radius 3 is 2.89 bits per heavy atom. The fourth-order valence-electron chi connectivity index (χ4n) is 2.51. The van der Waals surface area contributed by atoms with Gasteiger partial charge >= 0.3 is 0 Å². The van der Waals surface area contributed by atoms with Crippen molar-refractivity contribution in [2.24, 2.45) is 0 Å². The highest BCUT2D eigenvalue weighted by Gasteiger charge is 2.22. The fraction of sp³-hybridized carbons (Fsp3) is 0.600. The van der Waals surface area contributed by atoms with Crippen molar-refractivity contribution in [2.45, 2.75) is 31.9 Å². The number of nitrogens with zero attached hydrogens (tertiary/aromatic N) is 1. The molecule has 2 rings (SSSR count). The monoisotopic (exact) mass is 265 g/mol. The molecule has 0 radical (unpaired) electrons. The Bertz CT molecular complexity index is 416. The van der Waals surface area contributed by atoms with Gasteiger partial charge in [-0.1, -0.05) is 6.07 Å². The minimum Gasteiger partial charge on any atom is -0.507 e. The van der Waals surface area contributed by atoms with E-state index in [0.29, 0.717) is 11.9 Å². The summed E-state index contributed by atoms with van der Waals surface area (Å²) in [5, 5.41) is 10.1. The molecule has 0 spiro atoms. The minimum absolute atomic E-state index is 0.148. The predicted molar refractivity (Wildman–Crippen MR) is 74.7 cm³/mol. The number of hydrogen-bond donors (Lipinski definition) is 1. The van der Waals surface area contributed by atoms with Gasteiger partial charge in [0.05, 0.1) is 13.2 Å². The first-order valence-corrected chi connectivity index (χ1v) is 6.80. The van der Waals surface area contributed by atoms with Gasteiger partial charge in [0.25, 0.3) is 0 Å². The van der Waals surface area contributed by atoms with Crippen molar-refractivity contribution >= 4 is 0 Å². The van der Waals surface area contributed by atoms with Crippen LogP contribution < -0.4 is 4.74 Å². The quantitative estimate of drug-likeness (QED) is 0.888. The molecule has 0 saturated carbocycles. The van der Waals surface area contributed by atoms with Crippen LogP contribution in [-0.4, -0.2) is 43.4 Å². The Morgan fingerprint density at radius 2 is 2.32 bits per heavy atom. The predicted octanol–water partition coefficient (Wildman–Crippen LogP) is 2.57. The lowest BCUT2D eigenvalue weighted by Gasteiger charge is -2.28. The lowest BCUT2D eigenvalue weighted by atomic mass is 10.1. The Morgan fingerprint density at radius 1 is 1.53 bits per heavy atom. The Balaban J connectivity index is 2.03. The van der Waals surface area contributed by atoms with Crippen molar-refractivity contribution < 1.29 is 14.6 Å². The van der Waals surface area contributed by atoms with Crippen LogP contribution in [0.3, 0.4) is 0 Å². The molecule has 19 heavy (non-hydrogen) atoms. The maximum Gasteiger partial charge on any atom is 0.124 e. The van der Waals surface area contributed by atoms with Crippen molar-refractivity contribution in [3.63, 3.8) is 0 Å². The van der Waals surface area contributed by atoms with Crippen LogP contribution in [0.4, 0.5) is 0 Å². The molecule has 106 valence electrons. The highest BCUT2D eigenvalue weighted by atomic mass is 16.5. The van der Waals surface area contributed by atoms with E-state index in [9.17, 15) is 5.11 Å². The molecule has 1 fully saturated rings. The zero-order valence-corrected chi connectivity index (χ0v) is 11.9. The zero-order valence-electron chi connectivity index (χ0n) is 11.9. The van der Waals surface area contributed by atoms with E-state index < -0.39 is 0 Å². The summed E-state index contributed by atoms with van der Waals surface area (Å²) >= 11 is 0. The van der Waals surface area contributed by atoms with Crippen LogP contribution in [0.2, 0.25) is 0 Å². The second kappa shape index (κ2) is 6.26. The Hall–Kier alpha value is -1.26. The summed E-state index contributed by atoms with van der Waals surface area (Å²) in [5.41, 5.74) is 0.918. The topological polar surface area (TPSA) is 41.9 Å². The van der Waals surface area contributed by atoms with Gasteiger partial charge in [0, 0.05) is 30.8 Å². The smallest absolute Gasteiger partial charge is 0.124 e. The van der Waals surface area contributed by atoms with Crippen LogP contribution in [0.1, 0.15) is 31.4 Å². The van der Waals surface area contributed by atoms with E-state index in [0.717, 1.165) is 31.6 Å². The highest BCUT2D eigenvalue weighted by molar-refractivity contribution is 5.41. The molecular weight excluding hydrogens is 242 g/mol. The molecule has 4 nitrogen and oxygen atoms in total. The number of phenols is 1. The highest BCUT2D eigenvalue weighted by Crippen LogP contribution is 2.31. The molecular formula is C15H23NO3. The average molecular weight is 265 g/mol. The Kier molecular flexibility index (Phi) is 4.66. The molecule has 0 aliphatic carbocycles. The van der Waals surface area contributed by atoms with Crippen LogP contribution in [0.25, 0.3) is 0 Å². The third-order valence-corrected chi connectivity index (χ3v) is 3.86. The molecule has 2 unspecified atom stereocenters. The van der Waals surface area contributed by atoms with Gasteiger partial charge in [0.1, 0.15) is 11.5 Å². The maximum absolute atomic E-state index is 10.1. The van der Waals surface area contributed by atoms with Gasteiger partial charge in [0.15, 0.2) is 0 Å². The van der Waals surface area contributed by atoms with Gasteiger partial charge in [-0.15, -0.1) is 0 Å². The average Bonchev–Trinajstić information content (AvgIpc) is 2.90. The van der Waals surface area contributed by atoms with Gasteiger partial charge < -0.3 is 14.6 Å². The summed E-state index contributed by atoms with van der Waals surface area (Å²) in [5.74, 6) is 0.960. The molecule has 0 bridgehead atoms. The van der Waals surface area contributed by atoms with Crippen LogP contribution in [0, 0.1) is 0 Å². The molecule has 1 N–H and O–H groups in total. The van der Waals surface area contributed by atoms with Gasteiger partial charge in [-0.2, -0.15) is 0 Å². The summed E-state index contributed by atoms with van der Waals surface area (Å²) in [6.07, 6.45) is 2.61. The normalized spacial score (nSPS) is 20.7. The molecule has 4 heteroatoms. The van der Waals surface area contributed by atoms with Gasteiger partial charge in [-0.3, -0.25) is 4.90 Å². The molecule has 1 aromatic rings. The van der Waals surface area contributed by atoms with E-state index in [1.807, 2.05) is 12.1 Å². The molecule has 1 aliphatic rings. The number of aromatic hydroxyl groups is 1. The first-order chi connectivity index (χ1) is 9.11. The molecule has 1 aliphatic heterocycles. The van der Waals surface area contributed by atoms with Crippen molar-refractivity contribution in [1.82, 2.24) is 4.90 Å². The molecule has 1 aromatic carbocycles. The lowest BCUT2D eigenvalue weighted by Crippen LogP contribution is -2.31. The summed E-state index contributed by atoms with van der Waals surface area (Å²) in [7, 11) is 3.66. The summed E-state index contributed by atoms with van der Waals surface area (Å²) < 4.78 is 10.8. The summed E-state index contributed by atoms with van der Waals surface area (Å²) in [6, 6.07) is 5.61. The maximum atomic E-state index is 10.1. The molecule has 1 heterocycles. The lowest BCUT2D eigenvalue weighted by molar-refractivity contribution is 0.0700. The zero-order chi connectivity index (χ0) is 13.8. The number of ether oxygens (including phenoxy) is 2. The van der Waals surface area contributed by atoms with Crippen molar-refractivity contribution in [3.05, 3.63) is 23.8 Å². The van der Waals surface area contributed by atoms with Crippen molar-refractivity contribution in [3.8, 4) is 11.5 Å². The third kappa shape index (κ3) is 3.39. The SMILES string of the molecule is COc1ccc(C(C)N(C)CC2CCCO2)c(O)c1. The number of likely N-dealkylation sites (N-methyl/N-ethyl adjacent to an activating group) is 1. The molecule has 0 aromatic heterocycles. The minimum atomic E-state index is 0.148. The van der Waals surface area contributed by atoms with E-state index in [2.05, 4.69) is 18.9 Å². The third-order valence-electron chi connectivity index (χ3n) is 3.86. The van der Waals surface area contributed by atoms with E-state index in [4.69, 9.17) is 9.47 Å². The fourth-order valence-corrected chi connectivity index (χ4v) is 2.51. The number of rotatable bonds is 5. The first-order valence-electron chi connectivity index (χ1n) is 6.80. The van der Waals surface area contributed by atoms with Crippen LogP contribution in [-0.2, 0) is 4.74 Å². The largest absolute Gasteiger partial charge is 0.507 e. The standard InChI is InChI=1S/C15H23NO3/c1-11(16(2)10-13-5-4-8-19-13)14-7-6-12(18-3)9-15(14)17/h6-7,9,11,13,17H,4-5,8,10H2,1-3H3. The van der Waals surface area contributed by atoms with Crippen LogP contribution in [0.15, 0.2) is 18.2 Å². The van der Waals surface area contributed by atoms with Crippen molar-refractivity contribution in [2.75, 3.05) is 27.3 Å². The molecule has 0 amide bonds. The number of methoxy groups -OCH3 is 1. The molecule has 1 saturated heterocycles. The Labute approximate surface area is 114 Å². The number of benzene rings is 1. The van der Waals surface area contributed by atoms with E-state index in [1.165, 1.54) is 0 Å². The van der Waals surface area contributed by atoms with Gasteiger partial charge in [-0.05, 0) is 32.9 Å². The van der Waals surface area contributed by atoms with Crippen molar-refractivity contribution in [1.29, 1.82) is 0 Å². The summed E-state index contributed by atoms with van der Waals surface area (Å²) in [6.45, 7) is 3.86. The van der Waals surface area contributed by atoms with Crippen LogP contribution in [0.5, 0.6) is 11.5 Å². The van der Waals surface area contributed by atoms with E-state index in [1.54, 1.807) is 13.2 Å². The van der Waals surface area contributed by atoms with E-state index >= 15 is 0 Å². The second-order valence-corrected chi connectivity index (χ2v) is 5.18. The summed E-state index contributed by atoms with van der Waals surface area (Å²) in [4.78, 5) is 2.22. The number of hydrogen-bond acceptors (Lipinski definition) is 4. The van der Waals surface area contributed by atoms with Gasteiger partial charge in [-0.25, -0.2) is 0 Å². The molecule has 2 atom stereocenters. The van der Waals surface area contributed by atoms with E-state index in [-0.39, 0.29) is 11.8 Å². The van der Waals surface area contributed by atoms with Crippen LogP contribution >= 0.6 is 0 Å². The van der Waals surface area contributed by atoms with Gasteiger partial charge in [0.2, 0.25) is 0 Å².